The molecule has 0 aliphatic carbocycles. The first-order valence-electron chi connectivity index (χ1n) is 9.17. The number of hydrogen-bond donors (Lipinski definition) is 1. The summed E-state index contributed by atoms with van der Waals surface area (Å²) < 4.78 is 12.7. The fourth-order valence-corrected chi connectivity index (χ4v) is 3.75. The van der Waals surface area contributed by atoms with Crippen LogP contribution in [-0.4, -0.2) is 33.5 Å². The minimum absolute atomic E-state index is 0.150. The van der Waals surface area contributed by atoms with Gasteiger partial charge in [-0.05, 0) is 42.5 Å². The van der Waals surface area contributed by atoms with Crippen molar-refractivity contribution in [3.05, 3.63) is 71.0 Å². The van der Waals surface area contributed by atoms with Crippen LogP contribution in [0.4, 0.5) is 5.69 Å². The minimum Gasteiger partial charge on any atom is -0.495 e. The van der Waals surface area contributed by atoms with Crippen LogP contribution in [0.15, 0.2) is 60.3 Å². The highest BCUT2D eigenvalue weighted by molar-refractivity contribution is 7.99. The normalized spacial score (nSPS) is 10.5. The van der Waals surface area contributed by atoms with E-state index in [4.69, 9.17) is 32.7 Å². The number of ether oxygens (including phenoxy) is 2. The lowest BCUT2D eigenvalue weighted by molar-refractivity contribution is -0.113. The molecule has 10 heteroatoms. The minimum atomic E-state index is -0.196. The second kappa shape index (κ2) is 11.1. The number of allylic oxidation sites excluding steroid dienone is 1. The van der Waals surface area contributed by atoms with Gasteiger partial charge in [-0.2, -0.15) is 0 Å². The number of benzene rings is 2. The number of methoxy groups -OCH3 is 1. The van der Waals surface area contributed by atoms with Crippen LogP contribution in [0.1, 0.15) is 5.82 Å². The Morgan fingerprint density at radius 2 is 2.00 bits per heavy atom. The van der Waals surface area contributed by atoms with Crippen molar-refractivity contribution in [2.75, 3.05) is 18.2 Å². The quantitative estimate of drug-likeness (QED) is 0.323. The Morgan fingerprint density at radius 1 is 1.23 bits per heavy atom. The van der Waals surface area contributed by atoms with Gasteiger partial charge in [0.25, 0.3) is 0 Å². The lowest BCUT2D eigenvalue weighted by atomic mass is 10.3. The third-order valence-electron chi connectivity index (χ3n) is 4.05. The number of nitrogens with zero attached hydrogens (tertiary/aromatic N) is 3. The summed E-state index contributed by atoms with van der Waals surface area (Å²) >= 11 is 13.3. The van der Waals surface area contributed by atoms with E-state index in [0.717, 1.165) is 0 Å². The van der Waals surface area contributed by atoms with E-state index in [0.29, 0.717) is 44.8 Å². The maximum Gasteiger partial charge on any atom is 0.234 e. The fourth-order valence-electron chi connectivity index (χ4n) is 2.60. The molecule has 2 aromatic carbocycles. The van der Waals surface area contributed by atoms with E-state index in [2.05, 4.69) is 22.1 Å². The maximum absolute atomic E-state index is 12.3. The molecule has 0 atom stereocenters. The Kier molecular flexibility index (Phi) is 8.22. The number of aromatic nitrogens is 3. The monoisotopic (exact) mass is 478 g/mol. The number of anilines is 1. The molecule has 0 radical (unpaired) electrons. The summed E-state index contributed by atoms with van der Waals surface area (Å²) in [4.78, 5) is 12.3. The van der Waals surface area contributed by atoms with E-state index in [1.165, 1.54) is 18.9 Å². The first-order valence-corrected chi connectivity index (χ1v) is 10.9. The lowest BCUT2D eigenvalue weighted by Gasteiger charge is -2.10. The summed E-state index contributed by atoms with van der Waals surface area (Å²) in [5.74, 6) is 1.79. The zero-order valence-electron chi connectivity index (χ0n) is 16.7. The van der Waals surface area contributed by atoms with Crippen molar-refractivity contribution < 1.29 is 14.3 Å². The number of amides is 1. The first-order chi connectivity index (χ1) is 15.0. The molecular formula is C21H20Cl2N4O3S. The Bertz CT molecular complexity index is 1060. The van der Waals surface area contributed by atoms with Gasteiger partial charge in [0.1, 0.15) is 18.1 Å². The van der Waals surface area contributed by atoms with Crippen molar-refractivity contribution in [1.29, 1.82) is 0 Å². The van der Waals surface area contributed by atoms with E-state index >= 15 is 0 Å². The van der Waals surface area contributed by atoms with Crippen molar-refractivity contribution in [2.45, 2.75) is 18.3 Å². The zero-order chi connectivity index (χ0) is 22.2. The summed E-state index contributed by atoms with van der Waals surface area (Å²) in [7, 11) is 1.53. The van der Waals surface area contributed by atoms with Gasteiger partial charge in [-0.1, -0.05) is 41.0 Å². The van der Waals surface area contributed by atoms with Gasteiger partial charge in [0.2, 0.25) is 5.91 Å². The Morgan fingerprint density at radius 3 is 2.68 bits per heavy atom. The van der Waals surface area contributed by atoms with E-state index < -0.39 is 0 Å². The first kappa shape index (κ1) is 23.0. The maximum atomic E-state index is 12.3. The van der Waals surface area contributed by atoms with Gasteiger partial charge in [-0.15, -0.1) is 16.8 Å². The van der Waals surface area contributed by atoms with Crippen molar-refractivity contribution >= 4 is 46.6 Å². The number of hydrogen-bond acceptors (Lipinski definition) is 6. The van der Waals surface area contributed by atoms with Crippen LogP contribution < -0.4 is 14.8 Å². The van der Waals surface area contributed by atoms with Crippen molar-refractivity contribution in [3.8, 4) is 11.5 Å². The van der Waals surface area contributed by atoms with Gasteiger partial charge < -0.3 is 14.8 Å². The van der Waals surface area contributed by atoms with E-state index in [1.54, 1.807) is 48.5 Å². The summed E-state index contributed by atoms with van der Waals surface area (Å²) in [5.41, 5.74) is 0.584. The van der Waals surface area contributed by atoms with Gasteiger partial charge in [0.05, 0.1) is 17.9 Å². The summed E-state index contributed by atoms with van der Waals surface area (Å²) in [5, 5.41) is 12.8. The third-order valence-corrected chi connectivity index (χ3v) is 5.57. The third kappa shape index (κ3) is 6.40. The zero-order valence-corrected chi connectivity index (χ0v) is 19.0. The molecule has 0 fully saturated rings. The second-order valence-electron chi connectivity index (χ2n) is 6.23. The van der Waals surface area contributed by atoms with Gasteiger partial charge in [-0.3, -0.25) is 9.36 Å². The average molecular weight is 479 g/mol. The highest BCUT2D eigenvalue weighted by atomic mass is 35.5. The summed E-state index contributed by atoms with van der Waals surface area (Å²) in [6, 6.07) is 12.1. The van der Waals surface area contributed by atoms with E-state index in [1.807, 2.05) is 4.57 Å². The Hall–Kier alpha value is -2.68. The molecule has 0 saturated heterocycles. The van der Waals surface area contributed by atoms with E-state index in [-0.39, 0.29) is 18.3 Å². The van der Waals surface area contributed by atoms with Crippen molar-refractivity contribution in [2.24, 2.45) is 0 Å². The van der Waals surface area contributed by atoms with Crippen LogP contribution in [0.2, 0.25) is 10.0 Å². The fraction of sp³-hybridized carbons (Fsp3) is 0.190. The number of thioether (sulfide) groups is 1. The average Bonchev–Trinajstić information content (AvgIpc) is 3.14. The second-order valence-corrected chi connectivity index (χ2v) is 8.01. The molecule has 3 rings (SSSR count). The molecule has 1 N–H and O–H groups in total. The summed E-state index contributed by atoms with van der Waals surface area (Å²) in [6.07, 6.45) is 1.73. The van der Waals surface area contributed by atoms with Crippen LogP contribution in [0.5, 0.6) is 11.5 Å². The molecule has 1 amide bonds. The van der Waals surface area contributed by atoms with Crippen LogP contribution in [0.3, 0.4) is 0 Å². The molecular weight excluding hydrogens is 459 g/mol. The van der Waals surface area contributed by atoms with Crippen LogP contribution in [0.25, 0.3) is 0 Å². The van der Waals surface area contributed by atoms with Gasteiger partial charge in [-0.25, -0.2) is 0 Å². The Labute approximate surface area is 194 Å². The molecule has 0 aliphatic rings. The Balaban J connectivity index is 1.60. The lowest BCUT2D eigenvalue weighted by Crippen LogP contribution is -2.15. The number of rotatable bonds is 10. The highest BCUT2D eigenvalue weighted by Gasteiger charge is 2.14. The standard InChI is InChI=1S/C21H20Cl2N4O3S/c1-3-10-27-19(12-30-16-7-4-14(22)5-8-16)25-26-21(27)31-13-20(28)24-15-6-9-18(29-2)17(23)11-15/h3-9,11H,1,10,12-13H2,2H3,(H,24,28). The highest BCUT2D eigenvalue weighted by Crippen LogP contribution is 2.27. The molecule has 1 heterocycles. The topological polar surface area (TPSA) is 78.3 Å². The molecule has 31 heavy (non-hydrogen) atoms. The smallest absolute Gasteiger partial charge is 0.234 e. The van der Waals surface area contributed by atoms with Gasteiger partial charge >= 0.3 is 0 Å². The van der Waals surface area contributed by atoms with Crippen molar-refractivity contribution in [3.63, 3.8) is 0 Å². The van der Waals surface area contributed by atoms with Crippen LogP contribution >= 0.6 is 35.0 Å². The number of carbonyl (C=O) groups excluding carboxylic acids is 1. The molecule has 7 nitrogen and oxygen atoms in total. The molecule has 0 saturated carbocycles. The molecule has 0 aliphatic heterocycles. The molecule has 0 spiro atoms. The predicted molar refractivity (Wildman–Crippen MR) is 123 cm³/mol. The number of halogens is 2. The predicted octanol–water partition coefficient (Wildman–Crippen LogP) is 5.09. The van der Waals surface area contributed by atoms with E-state index in [9.17, 15) is 4.79 Å². The molecule has 162 valence electrons. The molecule has 0 unspecified atom stereocenters. The number of carbonyl (C=O) groups is 1. The van der Waals surface area contributed by atoms with Crippen LogP contribution in [-0.2, 0) is 17.9 Å². The summed E-state index contributed by atoms with van der Waals surface area (Å²) in [6.45, 7) is 4.49. The van der Waals surface area contributed by atoms with Gasteiger partial charge in [0, 0.05) is 17.3 Å². The van der Waals surface area contributed by atoms with Crippen molar-refractivity contribution in [1.82, 2.24) is 14.8 Å². The molecule has 3 aromatic rings. The molecule has 0 bridgehead atoms. The SMILES string of the molecule is C=CCn1c(COc2ccc(Cl)cc2)nnc1SCC(=O)Nc1ccc(OC)c(Cl)c1. The number of nitrogens with one attached hydrogen (secondary N) is 1. The van der Waals surface area contributed by atoms with Gasteiger partial charge in [0.15, 0.2) is 11.0 Å². The molecule has 1 aromatic heterocycles. The largest absolute Gasteiger partial charge is 0.495 e. The van der Waals surface area contributed by atoms with Crippen LogP contribution in [0, 0.1) is 0 Å².